The molecule has 0 aliphatic heterocycles. The van der Waals surface area contributed by atoms with Crippen LogP contribution in [0.25, 0.3) is 0 Å². The zero-order valence-electron chi connectivity index (χ0n) is 10.2. The molecule has 0 fully saturated rings. The first kappa shape index (κ1) is 13.4. The minimum Gasteiger partial charge on any atom is -0.360 e. The molecule has 0 saturated carbocycles. The Morgan fingerprint density at radius 1 is 1.24 bits per heavy atom. The predicted molar refractivity (Wildman–Crippen MR) is 74.3 cm³/mol. The van der Waals surface area contributed by atoms with E-state index < -0.39 is 0 Å². The Labute approximate surface area is 107 Å². The van der Waals surface area contributed by atoms with Gasteiger partial charge in [-0.15, -0.1) is 0 Å². The highest BCUT2D eigenvalue weighted by Crippen LogP contribution is 2.09. The molecule has 17 heavy (non-hydrogen) atoms. The Morgan fingerprint density at radius 3 is 2.29 bits per heavy atom. The summed E-state index contributed by atoms with van der Waals surface area (Å²) in [4.78, 5) is 11.3. The van der Waals surface area contributed by atoms with Gasteiger partial charge in [-0.1, -0.05) is 0 Å². The third-order valence-electron chi connectivity index (χ3n) is 2.05. The van der Waals surface area contributed by atoms with Crippen molar-refractivity contribution in [2.45, 2.75) is 19.9 Å². The van der Waals surface area contributed by atoms with Crippen LogP contribution in [0, 0.1) is 0 Å². The van der Waals surface area contributed by atoms with Crippen LogP contribution >= 0.6 is 12.2 Å². The van der Waals surface area contributed by atoms with Gasteiger partial charge in [-0.05, 0) is 50.3 Å². The van der Waals surface area contributed by atoms with Gasteiger partial charge in [0.25, 0.3) is 5.91 Å². The third-order valence-corrected chi connectivity index (χ3v) is 2.27. The summed E-state index contributed by atoms with van der Waals surface area (Å²) in [6, 6.07) is 7.43. The zero-order chi connectivity index (χ0) is 12.8. The SMILES string of the molecule is CNC(=O)c1ccc(NC(=S)NC(C)C)cc1. The average molecular weight is 251 g/mol. The number of carbonyl (C=O) groups excluding carboxylic acids is 1. The van der Waals surface area contributed by atoms with E-state index in [4.69, 9.17) is 12.2 Å². The molecule has 0 atom stereocenters. The summed E-state index contributed by atoms with van der Waals surface area (Å²) in [6.45, 7) is 4.03. The number of hydrogen-bond donors (Lipinski definition) is 3. The van der Waals surface area contributed by atoms with E-state index in [0.29, 0.717) is 16.7 Å². The van der Waals surface area contributed by atoms with Crippen LogP contribution < -0.4 is 16.0 Å². The van der Waals surface area contributed by atoms with E-state index in [1.807, 2.05) is 26.0 Å². The number of anilines is 1. The molecule has 1 amide bonds. The summed E-state index contributed by atoms with van der Waals surface area (Å²) in [5, 5.41) is 9.27. The van der Waals surface area contributed by atoms with E-state index in [-0.39, 0.29) is 5.91 Å². The lowest BCUT2D eigenvalue weighted by Crippen LogP contribution is -2.33. The van der Waals surface area contributed by atoms with Gasteiger partial charge >= 0.3 is 0 Å². The lowest BCUT2D eigenvalue weighted by Gasteiger charge is -2.13. The van der Waals surface area contributed by atoms with Crippen molar-refractivity contribution in [3.63, 3.8) is 0 Å². The van der Waals surface area contributed by atoms with E-state index in [9.17, 15) is 4.79 Å². The number of benzene rings is 1. The number of carbonyl (C=O) groups is 1. The van der Waals surface area contributed by atoms with Crippen LogP contribution in [0.2, 0.25) is 0 Å². The molecule has 1 aromatic carbocycles. The lowest BCUT2D eigenvalue weighted by atomic mass is 10.2. The van der Waals surface area contributed by atoms with Crippen LogP contribution in [-0.4, -0.2) is 24.1 Å². The predicted octanol–water partition coefficient (Wildman–Crippen LogP) is 1.74. The molecule has 0 aromatic heterocycles. The molecular formula is C12H17N3OS. The molecular weight excluding hydrogens is 234 g/mol. The lowest BCUT2D eigenvalue weighted by molar-refractivity contribution is 0.0963. The molecule has 0 unspecified atom stereocenters. The van der Waals surface area contributed by atoms with Crippen LogP contribution in [0.4, 0.5) is 5.69 Å². The smallest absolute Gasteiger partial charge is 0.251 e. The second kappa shape index (κ2) is 6.20. The normalized spacial score (nSPS) is 9.88. The van der Waals surface area contributed by atoms with Gasteiger partial charge in [0.15, 0.2) is 5.11 Å². The summed E-state index contributed by atoms with van der Waals surface area (Å²) in [5.74, 6) is -0.0977. The first-order valence-electron chi connectivity index (χ1n) is 5.42. The van der Waals surface area contributed by atoms with Crippen LogP contribution in [0.3, 0.4) is 0 Å². The van der Waals surface area contributed by atoms with Crippen molar-refractivity contribution in [2.75, 3.05) is 12.4 Å². The fourth-order valence-electron chi connectivity index (χ4n) is 1.28. The van der Waals surface area contributed by atoms with Crippen molar-refractivity contribution in [1.82, 2.24) is 10.6 Å². The number of rotatable bonds is 3. The van der Waals surface area contributed by atoms with Crippen LogP contribution in [0.1, 0.15) is 24.2 Å². The van der Waals surface area contributed by atoms with Gasteiger partial charge in [0, 0.05) is 24.3 Å². The average Bonchev–Trinajstić information content (AvgIpc) is 2.28. The summed E-state index contributed by atoms with van der Waals surface area (Å²) in [6.07, 6.45) is 0. The Kier molecular flexibility index (Phi) is 4.90. The minimum absolute atomic E-state index is 0.0977. The highest BCUT2D eigenvalue weighted by molar-refractivity contribution is 7.80. The van der Waals surface area contributed by atoms with Crippen molar-refractivity contribution in [3.8, 4) is 0 Å². The number of hydrogen-bond acceptors (Lipinski definition) is 2. The van der Waals surface area contributed by atoms with Crippen molar-refractivity contribution in [3.05, 3.63) is 29.8 Å². The van der Waals surface area contributed by atoms with Crippen molar-refractivity contribution in [1.29, 1.82) is 0 Å². The summed E-state index contributed by atoms with van der Waals surface area (Å²) in [7, 11) is 1.61. The molecule has 5 heteroatoms. The molecule has 0 saturated heterocycles. The van der Waals surface area contributed by atoms with Gasteiger partial charge in [-0.25, -0.2) is 0 Å². The van der Waals surface area contributed by atoms with Crippen LogP contribution in [0.5, 0.6) is 0 Å². The van der Waals surface area contributed by atoms with E-state index in [1.54, 1.807) is 19.2 Å². The molecule has 0 heterocycles. The quantitative estimate of drug-likeness (QED) is 0.716. The van der Waals surface area contributed by atoms with E-state index >= 15 is 0 Å². The number of amides is 1. The van der Waals surface area contributed by atoms with Gasteiger partial charge in [0.05, 0.1) is 0 Å². The molecule has 92 valence electrons. The maximum Gasteiger partial charge on any atom is 0.251 e. The minimum atomic E-state index is -0.0977. The second-order valence-corrected chi connectivity index (χ2v) is 4.32. The molecule has 0 bridgehead atoms. The monoisotopic (exact) mass is 251 g/mol. The first-order chi connectivity index (χ1) is 8.02. The molecule has 3 N–H and O–H groups in total. The maximum atomic E-state index is 11.3. The first-order valence-corrected chi connectivity index (χ1v) is 5.83. The fraction of sp³-hybridized carbons (Fsp3) is 0.333. The van der Waals surface area contributed by atoms with Gasteiger partial charge in [0.1, 0.15) is 0 Å². The van der Waals surface area contributed by atoms with Gasteiger partial charge in [-0.3, -0.25) is 4.79 Å². The second-order valence-electron chi connectivity index (χ2n) is 3.91. The van der Waals surface area contributed by atoms with E-state index in [1.165, 1.54) is 0 Å². The number of thiocarbonyl (C=S) groups is 1. The van der Waals surface area contributed by atoms with Crippen molar-refractivity contribution < 1.29 is 4.79 Å². The molecule has 1 aromatic rings. The van der Waals surface area contributed by atoms with E-state index in [2.05, 4.69) is 16.0 Å². The molecule has 4 nitrogen and oxygen atoms in total. The maximum absolute atomic E-state index is 11.3. The van der Waals surface area contributed by atoms with Crippen LogP contribution in [-0.2, 0) is 0 Å². The standard InChI is InChI=1S/C12H17N3OS/c1-8(2)14-12(17)15-10-6-4-9(5-7-10)11(16)13-3/h4-8H,1-3H3,(H,13,16)(H2,14,15,17). The fourth-order valence-corrected chi connectivity index (χ4v) is 1.63. The summed E-state index contributed by atoms with van der Waals surface area (Å²) in [5.41, 5.74) is 1.48. The highest BCUT2D eigenvalue weighted by atomic mass is 32.1. The Hall–Kier alpha value is -1.62. The summed E-state index contributed by atoms with van der Waals surface area (Å²) >= 11 is 5.12. The molecule has 1 rings (SSSR count). The Bertz CT molecular complexity index is 401. The van der Waals surface area contributed by atoms with Crippen LogP contribution in [0.15, 0.2) is 24.3 Å². The molecule has 0 radical (unpaired) electrons. The largest absolute Gasteiger partial charge is 0.360 e. The van der Waals surface area contributed by atoms with Gasteiger partial charge in [0.2, 0.25) is 0 Å². The van der Waals surface area contributed by atoms with E-state index in [0.717, 1.165) is 5.69 Å². The van der Waals surface area contributed by atoms with Gasteiger partial charge < -0.3 is 16.0 Å². The Balaban J connectivity index is 2.62. The Morgan fingerprint density at radius 2 is 1.82 bits per heavy atom. The molecule has 0 aliphatic carbocycles. The topological polar surface area (TPSA) is 53.2 Å². The number of nitrogens with one attached hydrogen (secondary N) is 3. The highest BCUT2D eigenvalue weighted by Gasteiger charge is 2.03. The molecule has 0 aliphatic rings. The van der Waals surface area contributed by atoms with Gasteiger partial charge in [-0.2, -0.15) is 0 Å². The van der Waals surface area contributed by atoms with Crippen molar-refractivity contribution >= 4 is 28.9 Å². The third kappa shape index (κ3) is 4.40. The zero-order valence-corrected chi connectivity index (χ0v) is 11.0. The molecule has 0 spiro atoms. The van der Waals surface area contributed by atoms with Crippen molar-refractivity contribution in [2.24, 2.45) is 0 Å². The summed E-state index contributed by atoms with van der Waals surface area (Å²) < 4.78 is 0.